The number of fused-ring (bicyclic) bond motifs is 1. The third-order valence-corrected chi connectivity index (χ3v) is 4.41. The van der Waals surface area contributed by atoms with Crippen LogP contribution in [-0.4, -0.2) is 44.1 Å². The number of carbonyl (C=O) groups excluding carboxylic acids is 2. The average Bonchev–Trinajstić information content (AvgIpc) is 3.05. The van der Waals surface area contributed by atoms with Crippen LogP contribution in [0.3, 0.4) is 0 Å². The molecule has 1 saturated heterocycles. The second-order valence-corrected chi connectivity index (χ2v) is 6.15. The summed E-state index contributed by atoms with van der Waals surface area (Å²) < 4.78 is 5.57. The van der Waals surface area contributed by atoms with Crippen molar-refractivity contribution >= 4 is 29.9 Å². The molecule has 0 spiro atoms. The Hall–Kier alpha value is -1.79. The molecule has 2 aliphatic rings. The maximum atomic E-state index is 12.3. The van der Waals surface area contributed by atoms with Gasteiger partial charge in [0.05, 0.1) is 5.69 Å². The highest BCUT2D eigenvalue weighted by atomic mass is 35.5. The lowest BCUT2D eigenvalue weighted by atomic mass is 10.1. The molecule has 2 amide bonds. The van der Waals surface area contributed by atoms with Gasteiger partial charge in [-0.25, -0.2) is 0 Å². The van der Waals surface area contributed by atoms with Gasteiger partial charge in [-0.05, 0) is 50.9 Å². The summed E-state index contributed by atoms with van der Waals surface area (Å²) in [5, 5.41) is 6.24. The van der Waals surface area contributed by atoms with Gasteiger partial charge in [-0.15, -0.1) is 12.4 Å². The number of ether oxygens (including phenoxy) is 1. The van der Waals surface area contributed by atoms with Crippen LogP contribution in [0.4, 0.5) is 5.69 Å². The van der Waals surface area contributed by atoms with E-state index < -0.39 is 6.10 Å². The standard InChI is InChI=1S/C17H23N3O3.ClH/c1-12-17(22)20(14-4-2-3-5-15(14)23-12)11-16(21)19-9-7-13-6-8-18-10-13;/h2-5,12-13,18H,6-11H2,1H3,(H,19,21);1H. The van der Waals surface area contributed by atoms with Gasteiger partial charge in [-0.2, -0.15) is 0 Å². The zero-order valence-electron chi connectivity index (χ0n) is 13.8. The molecule has 2 aliphatic heterocycles. The molecule has 1 fully saturated rings. The van der Waals surface area contributed by atoms with E-state index in [1.54, 1.807) is 13.0 Å². The quantitative estimate of drug-likeness (QED) is 0.838. The third kappa shape index (κ3) is 4.19. The van der Waals surface area contributed by atoms with Gasteiger partial charge in [-0.1, -0.05) is 12.1 Å². The van der Waals surface area contributed by atoms with Crippen LogP contribution >= 0.6 is 12.4 Å². The first-order chi connectivity index (χ1) is 11.1. The number of carbonyl (C=O) groups is 2. The molecule has 1 aromatic carbocycles. The first kappa shape index (κ1) is 18.5. The van der Waals surface area contributed by atoms with Crippen LogP contribution in [0.5, 0.6) is 5.75 Å². The maximum Gasteiger partial charge on any atom is 0.268 e. The van der Waals surface area contributed by atoms with E-state index in [1.807, 2.05) is 18.2 Å². The SMILES string of the molecule is CC1Oc2ccccc2N(CC(=O)NCCC2CCNC2)C1=O.Cl. The predicted molar refractivity (Wildman–Crippen MR) is 94.7 cm³/mol. The van der Waals surface area contributed by atoms with E-state index in [-0.39, 0.29) is 30.8 Å². The topological polar surface area (TPSA) is 70.7 Å². The molecule has 0 radical (unpaired) electrons. The van der Waals surface area contributed by atoms with E-state index in [0.29, 0.717) is 23.9 Å². The van der Waals surface area contributed by atoms with Crippen molar-refractivity contribution in [1.29, 1.82) is 0 Å². The maximum absolute atomic E-state index is 12.3. The van der Waals surface area contributed by atoms with Crippen molar-refractivity contribution in [3.05, 3.63) is 24.3 Å². The molecule has 2 unspecified atom stereocenters. The highest BCUT2D eigenvalue weighted by Crippen LogP contribution is 2.33. The summed E-state index contributed by atoms with van der Waals surface area (Å²) >= 11 is 0. The summed E-state index contributed by atoms with van der Waals surface area (Å²) in [7, 11) is 0. The lowest BCUT2D eigenvalue weighted by Crippen LogP contribution is -2.48. The van der Waals surface area contributed by atoms with Crippen molar-refractivity contribution in [2.45, 2.75) is 25.9 Å². The number of rotatable bonds is 5. The minimum absolute atomic E-state index is 0. The number of amides is 2. The molecular formula is C17H24ClN3O3. The van der Waals surface area contributed by atoms with Gasteiger partial charge in [0, 0.05) is 6.54 Å². The third-order valence-electron chi connectivity index (χ3n) is 4.41. The summed E-state index contributed by atoms with van der Waals surface area (Å²) in [4.78, 5) is 26.0. The van der Waals surface area contributed by atoms with E-state index in [1.165, 1.54) is 11.3 Å². The fraction of sp³-hybridized carbons (Fsp3) is 0.529. The summed E-state index contributed by atoms with van der Waals surface area (Å²) in [6.45, 7) is 4.49. The van der Waals surface area contributed by atoms with Crippen molar-refractivity contribution in [1.82, 2.24) is 10.6 Å². The smallest absolute Gasteiger partial charge is 0.268 e. The number of halogens is 1. The molecule has 0 bridgehead atoms. The van der Waals surface area contributed by atoms with Crippen LogP contribution in [0.1, 0.15) is 19.8 Å². The highest BCUT2D eigenvalue weighted by molar-refractivity contribution is 6.03. The second-order valence-electron chi connectivity index (χ2n) is 6.15. The molecule has 24 heavy (non-hydrogen) atoms. The van der Waals surface area contributed by atoms with E-state index in [0.717, 1.165) is 19.5 Å². The molecule has 2 atom stereocenters. The summed E-state index contributed by atoms with van der Waals surface area (Å²) in [6, 6.07) is 7.31. The van der Waals surface area contributed by atoms with E-state index >= 15 is 0 Å². The summed E-state index contributed by atoms with van der Waals surface area (Å²) in [6.07, 6.45) is 1.58. The molecule has 6 nitrogen and oxygen atoms in total. The number of hydrogen-bond donors (Lipinski definition) is 2. The van der Waals surface area contributed by atoms with Crippen molar-refractivity contribution in [3.8, 4) is 5.75 Å². The molecule has 2 heterocycles. The van der Waals surface area contributed by atoms with Crippen molar-refractivity contribution < 1.29 is 14.3 Å². The molecule has 2 N–H and O–H groups in total. The van der Waals surface area contributed by atoms with Gasteiger partial charge in [0.15, 0.2) is 6.10 Å². The number of nitrogens with one attached hydrogen (secondary N) is 2. The molecule has 0 saturated carbocycles. The molecular weight excluding hydrogens is 330 g/mol. The van der Waals surface area contributed by atoms with Gasteiger partial charge in [0.25, 0.3) is 5.91 Å². The van der Waals surface area contributed by atoms with Crippen molar-refractivity contribution in [2.24, 2.45) is 5.92 Å². The first-order valence-corrected chi connectivity index (χ1v) is 8.19. The number of hydrogen-bond acceptors (Lipinski definition) is 4. The Labute approximate surface area is 148 Å². The zero-order chi connectivity index (χ0) is 16.2. The summed E-state index contributed by atoms with van der Waals surface area (Å²) in [5.41, 5.74) is 0.658. The lowest BCUT2D eigenvalue weighted by Gasteiger charge is -2.32. The average molecular weight is 354 g/mol. The Kier molecular flexibility index (Phi) is 6.45. The molecule has 132 valence electrons. The number of para-hydroxylation sites is 2. The van der Waals surface area contributed by atoms with Gasteiger partial charge < -0.3 is 15.4 Å². The normalized spacial score (nSPS) is 22.4. The van der Waals surface area contributed by atoms with Crippen LogP contribution in [-0.2, 0) is 9.59 Å². The first-order valence-electron chi connectivity index (χ1n) is 8.19. The Bertz CT molecular complexity index is 590. The Morgan fingerprint density at radius 3 is 2.96 bits per heavy atom. The molecule has 7 heteroatoms. The molecule has 3 rings (SSSR count). The number of benzene rings is 1. The number of anilines is 1. The van der Waals surface area contributed by atoms with E-state index in [4.69, 9.17) is 4.74 Å². The van der Waals surface area contributed by atoms with Gasteiger partial charge in [0.2, 0.25) is 5.91 Å². The van der Waals surface area contributed by atoms with Gasteiger partial charge in [0.1, 0.15) is 12.3 Å². The van der Waals surface area contributed by atoms with Crippen molar-refractivity contribution in [3.63, 3.8) is 0 Å². The van der Waals surface area contributed by atoms with Crippen LogP contribution in [0.2, 0.25) is 0 Å². The van der Waals surface area contributed by atoms with E-state index in [2.05, 4.69) is 10.6 Å². The van der Waals surface area contributed by atoms with Gasteiger partial charge in [-0.3, -0.25) is 14.5 Å². The minimum Gasteiger partial charge on any atom is -0.479 e. The fourth-order valence-corrected chi connectivity index (χ4v) is 3.10. The monoisotopic (exact) mass is 353 g/mol. The predicted octanol–water partition coefficient (Wildman–Crippen LogP) is 1.34. The molecule has 0 aliphatic carbocycles. The van der Waals surface area contributed by atoms with Crippen molar-refractivity contribution in [2.75, 3.05) is 31.1 Å². The van der Waals surface area contributed by atoms with Crippen LogP contribution < -0.4 is 20.3 Å². The van der Waals surface area contributed by atoms with Gasteiger partial charge >= 0.3 is 0 Å². The minimum atomic E-state index is -0.567. The molecule has 1 aromatic rings. The van der Waals surface area contributed by atoms with Crippen LogP contribution in [0.15, 0.2) is 24.3 Å². The number of nitrogens with zero attached hydrogens (tertiary/aromatic N) is 1. The Morgan fingerprint density at radius 1 is 1.42 bits per heavy atom. The highest BCUT2D eigenvalue weighted by Gasteiger charge is 2.32. The van der Waals surface area contributed by atoms with Crippen LogP contribution in [0.25, 0.3) is 0 Å². The zero-order valence-corrected chi connectivity index (χ0v) is 14.6. The Balaban J connectivity index is 0.00000208. The second kappa shape index (κ2) is 8.35. The Morgan fingerprint density at radius 2 is 2.21 bits per heavy atom. The fourth-order valence-electron chi connectivity index (χ4n) is 3.10. The summed E-state index contributed by atoms with van der Waals surface area (Å²) in [5.74, 6) is 0.970. The molecule has 0 aromatic heterocycles. The largest absolute Gasteiger partial charge is 0.479 e. The van der Waals surface area contributed by atoms with E-state index in [9.17, 15) is 9.59 Å². The lowest BCUT2D eigenvalue weighted by molar-refractivity contribution is -0.128. The van der Waals surface area contributed by atoms with Crippen LogP contribution in [0, 0.1) is 5.92 Å².